The molecule has 180 valence electrons. The molecule has 0 radical (unpaired) electrons. The summed E-state index contributed by atoms with van der Waals surface area (Å²) in [5, 5.41) is 8.99. The Morgan fingerprint density at radius 3 is 2.54 bits per heavy atom. The summed E-state index contributed by atoms with van der Waals surface area (Å²) in [5.41, 5.74) is 3.54. The van der Waals surface area contributed by atoms with Gasteiger partial charge in [-0.15, -0.1) is 0 Å². The van der Waals surface area contributed by atoms with Crippen LogP contribution >= 0.6 is 0 Å². The fourth-order valence-electron chi connectivity index (χ4n) is 4.07. The van der Waals surface area contributed by atoms with E-state index in [9.17, 15) is 9.59 Å². The smallest absolute Gasteiger partial charge is 0.410 e. The highest BCUT2D eigenvalue weighted by molar-refractivity contribution is 5.82. The lowest BCUT2D eigenvalue weighted by Gasteiger charge is -2.39. The van der Waals surface area contributed by atoms with Gasteiger partial charge < -0.3 is 14.0 Å². The van der Waals surface area contributed by atoms with Gasteiger partial charge in [0.05, 0.1) is 30.8 Å². The van der Waals surface area contributed by atoms with E-state index >= 15 is 0 Å². The van der Waals surface area contributed by atoms with Crippen molar-refractivity contribution in [3.8, 4) is 6.07 Å². The molecule has 1 fully saturated rings. The average molecular weight is 474 g/mol. The van der Waals surface area contributed by atoms with Crippen LogP contribution in [0.25, 0.3) is 0 Å². The third-order valence-corrected chi connectivity index (χ3v) is 6.00. The molecule has 1 aliphatic rings. The van der Waals surface area contributed by atoms with E-state index in [1.807, 2.05) is 47.0 Å². The molecular formula is C26H27N5O4. The molecule has 9 nitrogen and oxygen atoms in total. The molecule has 1 saturated heterocycles. The van der Waals surface area contributed by atoms with Gasteiger partial charge >= 0.3 is 12.1 Å². The normalized spacial score (nSPS) is 15.9. The summed E-state index contributed by atoms with van der Waals surface area (Å²) < 4.78 is 12.5. The molecule has 1 amide bonds. The second-order valence-electron chi connectivity index (χ2n) is 8.33. The molecule has 0 spiro atoms. The van der Waals surface area contributed by atoms with Crippen molar-refractivity contribution in [3.05, 3.63) is 89.5 Å². The number of ether oxygens (including phenoxy) is 2. The number of hydrogen-bond acceptors (Lipinski definition) is 7. The van der Waals surface area contributed by atoms with E-state index in [0.717, 1.165) is 16.8 Å². The van der Waals surface area contributed by atoms with E-state index in [1.165, 1.54) is 12.0 Å². The number of nitriles is 1. The minimum absolute atomic E-state index is 0.141. The first-order chi connectivity index (χ1) is 17.1. The van der Waals surface area contributed by atoms with E-state index in [4.69, 9.17) is 14.7 Å². The molecule has 1 aromatic heterocycles. The monoisotopic (exact) mass is 473 g/mol. The summed E-state index contributed by atoms with van der Waals surface area (Å²) in [7, 11) is 1.32. The lowest BCUT2D eigenvalue weighted by molar-refractivity contribution is -0.148. The number of methoxy groups -OCH3 is 1. The van der Waals surface area contributed by atoms with Crippen LogP contribution in [0.3, 0.4) is 0 Å². The van der Waals surface area contributed by atoms with Crippen LogP contribution in [0.1, 0.15) is 22.4 Å². The van der Waals surface area contributed by atoms with Crippen molar-refractivity contribution in [1.29, 1.82) is 5.26 Å². The Balaban J connectivity index is 1.39. The highest BCUT2D eigenvalue weighted by Crippen LogP contribution is 2.17. The summed E-state index contributed by atoms with van der Waals surface area (Å²) >= 11 is 0. The summed E-state index contributed by atoms with van der Waals surface area (Å²) in [6, 6.07) is 18.2. The highest BCUT2D eigenvalue weighted by Gasteiger charge is 2.37. The van der Waals surface area contributed by atoms with E-state index < -0.39 is 18.1 Å². The largest absolute Gasteiger partial charge is 0.467 e. The summed E-state index contributed by atoms with van der Waals surface area (Å²) in [5.74, 6) is -0.475. The van der Waals surface area contributed by atoms with E-state index in [0.29, 0.717) is 38.3 Å². The number of nitrogens with zero attached hydrogens (tertiary/aromatic N) is 5. The van der Waals surface area contributed by atoms with Crippen LogP contribution in [0.2, 0.25) is 0 Å². The topological polar surface area (TPSA) is 101 Å². The maximum absolute atomic E-state index is 12.8. The van der Waals surface area contributed by atoms with Gasteiger partial charge in [0.1, 0.15) is 12.6 Å². The zero-order valence-corrected chi connectivity index (χ0v) is 19.5. The lowest BCUT2D eigenvalue weighted by atomic mass is 10.1. The SMILES string of the molecule is COC(=O)C1CN(Cc2cncn2Cc2ccc(C#N)cc2)CCN1C(=O)OCc1ccccc1. The van der Waals surface area contributed by atoms with Crippen molar-refractivity contribution >= 4 is 12.1 Å². The second-order valence-corrected chi connectivity index (χ2v) is 8.33. The van der Waals surface area contributed by atoms with Crippen LogP contribution in [-0.2, 0) is 34.0 Å². The van der Waals surface area contributed by atoms with Crippen LogP contribution < -0.4 is 0 Å². The Bertz CT molecular complexity index is 1190. The van der Waals surface area contributed by atoms with Gasteiger partial charge in [0.2, 0.25) is 0 Å². The standard InChI is InChI=1S/C26H27N5O4/c1-34-25(32)24-17-29(11-12-31(24)26(33)35-18-22-5-3-2-4-6-22)16-23-14-28-19-30(23)15-21-9-7-20(13-27)8-10-21/h2-10,14,19,24H,11-12,15-18H2,1H3. The number of amides is 1. The number of esters is 1. The zero-order chi connectivity index (χ0) is 24.6. The van der Waals surface area contributed by atoms with Crippen LogP contribution in [0.5, 0.6) is 0 Å². The van der Waals surface area contributed by atoms with Crippen molar-refractivity contribution in [2.24, 2.45) is 0 Å². The van der Waals surface area contributed by atoms with Gasteiger partial charge in [-0.2, -0.15) is 5.26 Å². The number of carbonyl (C=O) groups is 2. The third-order valence-electron chi connectivity index (χ3n) is 6.00. The third kappa shape index (κ3) is 6.05. The highest BCUT2D eigenvalue weighted by atomic mass is 16.6. The number of aromatic nitrogens is 2. The number of imidazole rings is 1. The van der Waals surface area contributed by atoms with Crippen LogP contribution in [-0.4, -0.2) is 64.2 Å². The molecule has 1 unspecified atom stereocenters. The first-order valence-electron chi connectivity index (χ1n) is 11.3. The molecule has 1 aliphatic heterocycles. The predicted molar refractivity (Wildman–Crippen MR) is 127 cm³/mol. The quantitative estimate of drug-likeness (QED) is 0.487. The molecule has 2 aromatic carbocycles. The van der Waals surface area contributed by atoms with Crippen LogP contribution in [0.15, 0.2) is 67.1 Å². The molecule has 4 rings (SSSR count). The molecule has 35 heavy (non-hydrogen) atoms. The van der Waals surface area contributed by atoms with E-state index in [1.54, 1.807) is 24.7 Å². The van der Waals surface area contributed by atoms with Gasteiger partial charge in [-0.05, 0) is 23.3 Å². The van der Waals surface area contributed by atoms with Crippen molar-refractivity contribution in [3.63, 3.8) is 0 Å². The van der Waals surface area contributed by atoms with Gasteiger partial charge in [-0.3, -0.25) is 9.80 Å². The number of carbonyl (C=O) groups excluding carboxylic acids is 2. The Morgan fingerprint density at radius 2 is 1.83 bits per heavy atom. The fourth-order valence-corrected chi connectivity index (χ4v) is 4.07. The fraction of sp³-hybridized carbons (Fsp3) is 0.308. The molecule has 9 heteroatoms. The first-order valence-corrected chi connectivity index (χ1v) is 11.3. The van der Waals surface area contributed by atoms with Gasteiger partial charge in [0.25, 0.3) is 0 Å². The number of piperazine rings is 1. The lowest BCUT2D eigenvalue weighted by Crippen LogP contribution is -2.58. The molecule has 0 aliphatic carbocycles. The average Bonchev–Trinajstić information content (AvgIpc) is 3.34. The molecule has 0 bridgehead atoms. The first kappa shape index (κ1) is 24.0. The maximum atomic E-state index is 12.8. The molecular weight excluding hydrogens is 446 g/mol. The number of benzene rings is 2. The molecule has 0 N–H and O–H groups in total. The summed E-state index contributed by atoms with van der Waals surface area (Å²) in [4.78, 5) is 33.1. The zero-order valence-electron chi connectivity index (χ0n) is 19.5. The van der Waals surface area contributed by atoms with Gasteiger partial charge in [0, 0.05) is 38.9 Å². The minimum atomic E-state index is -0.757. The van der Waals surface area contributed by atoms with Crippen LogP contribution in [0, 0.1) is 11.3 Å². The second kappa shape index (κ2) is 11.3. The van der Waals surface area contributed by atoms with Crippen molar-refractivity contribution in [2.75, 3.05) is 26.7 Å². The Hall–Kier alpha value is -4.16. The number of hydrogen-bond donors (Lipinski definition) is 0. The Morgan fingerprint density at radius 1 is 1.06 bits per heavy atom. The summed E-state index contributed by atoms with van der Waals surface area (Å²) in [6.45, 7) is 2.58. The maximum Gasteiger partial charge on any atom is 0.410 e. The van der Waals surface area contributed by atoms with Gasteiger partial charge in [0.15, 0.2) is 0 Å². The van der Waals surface area contributed by atoms with Gasteiger partial charge in [-0.1, -0.05) is 42.5 Å². The predicted octanol–water partition coefficient (Wildman–Crippen LogP) is 2.80. The van der Waals surface area contributed by atoms with Crippen molar-refractivity contribution < 1.29 is 19.1 Å². The van der Waals surface area contributed by atoms with Crippen molar-refractivity contribution in [1.82, 2.24) is 19.4 Å². The van der Waals surface area contributed by atoms with Gasteiger partial charge in [-0.25, -0.2) is 14.6 Å². The molecule has 0 saturated carbocycles. The Kier molecular flexibility index (Phi) is 7.75. The number of rotatable bonds is 7. The van der Waals surface area contributed by atoms with E-state index in [2.05, 4.69) is 16.0 Å². The van der Waals surface area contributed by atoms with E-state index in [-0.39, 0.29) is 6.61 Å². The minimum Gasteiger partial charge on any atom is -0.467 e. The summed E-state index contributed by atoms with van der Waals surface area (Å²) in [6.07, 6.45) is 3.04. The Labute approximate surface area is 204 Å². The van der Waals surface area contributed by atoms with Crippen molar-refractivity contribution in [2.45, 2.75) is 25.7 Å². The molecule has 3 aromatic rings. The molecule has 2 heterocycles. The van der Waals surface area contributed by atoms with Crippen LogP contribution in [0.4, 0.5) is 4.79 Å². The molecule has 1 atom stereocenters.